The number of hydrogen-bond donors (Lipinski definition) is 0. The average Bonchev–Trinajstić information content (AvgIpc) is 3.19. The first-order chi connectivity index (χ1) is 14.5. The highest BCUT2D eigenvalue weighted by atomic mass is 32.1. The Morgan fingerprint density at radius 3 is 2.73 bits per heavy atom. The molecule has 0 N–H and O–H groups in total. The van der Waals surface area contributed by atoms with E-state index >= 15 is 0 Å². The van der Waals surface area contributed by atoms with E-state index in [1.54, 1.807) is 25.6 Å². The lowest BCUT2D eigenvalue weighted by atomic mass is 10.1. The van der Waals surface area contributed by atoms with Crippen LogP contribution >= 0.6 is 11.3 Å². The van der Waals surface area contributed by atoms with Crippen molar-refractivity contribution in [2.75, 3.05) is 12.0 Å². The molecule has 0 spiro atoms. The molecule has 4 aromatic rings. The van der Waals surface area contributed by atoms with E-state index < -0.39 is 17.5 Å². The van der Waals surface area contributed by atoms with Gasteiger partial charge in [-0.25, -0.2) is 13.8 Å². The van der Waals surface area contributed by atoms with Gasteiger partial charge >= 0.3 is 0 Å². The Morgan fingerprint density at radius 2 is 2.03 bits per heavy atom. The SMILES string of the molecule is COc1ccc(C)c2sc(N(Cc3cccnc3)C(=O)c3ccc(F)cc3F)nc12. The molecule has 4 rings (SSSR count). The Kier molecular flexibility index (Phi) is 5.41. The molecule has 0 bridgehead atoms. The van der Waals surface area contributed by atoms with Crippen LogP contribution in [0.4, 0.5) is 13.9 Å². The molecule has 2 heterocycles. The molecule has 0 atom stereocenters. The number of hydrogen-bond acceptors (Lipinski definition) is 5. The first kappa shape index (κ1) is 19.9. The molecule has 0 saturated heterocycles. The molecule has 152 valence electrons. The molecule has 1 amide bonds. The van der Waals surface area contributed by atoms with Crippen molar-refractivity contribution in [2.45, 2.75) is 13.5 Å². The Morgan fingerprint density at radius 1 is 1.20 bits per heavy atom. The number of pyridine rings is 1. The number of methoxy groups -OCH3 is 1. The fraction of sp³-hybridized carbons (Fsp3) is 0.136. The van der Waals surface area contributed by atoms with Gasteiger partial charge in [0.15, 0.2) is 5.13 Å². The van der Waals surface area contributed by atoms with Crippen molar-refractivity contribution in [2.24, 2.45) is 0 Å². The normalized spacial score (nSPS) is 10.9. The van der Waals surface area contributed by atoms with Gasteiger partial charge in [0.05, 0.1) is 23.9 Å². The maximum Gasteiger partial charge on any atom is 0.263 e. The zero-order chi connectivity index (χ0) is 21.3. The van der Waals surface area contributed by atoms with Crippen molar-refractivity contribution in [3.8, 4) is 5.75 Å². The molecule has 0 aliphatic rings. The summed E-state index contributed by atoms with van der Waals surface area (Å²) in [5.74, 6) is -1.71. The third-order valence-electron chi connectivity index (χ3n) is 4.61. The number of carbonyl (C=O) groups excluding carboxylic acids is 1. The van der Waals surface area contributed by atoms with Crippen molar-refractivity contribution < 1.29 is 18.3 Å². The van der Waals surface area contributed by atoms with E-state index in [0.29, 0.717) is 22.5 Å². The molecule has 0 unspecified atom stereocenters. The Labute approximate surface area is 175 Å². The summed E-state index contributed by atoms with van der Waals surface area (Å²) in [6, 6.07) is 10.2. The minimum Gasteiger partial charge on any atom is -0.494 e. The van der Waals surface area contributed by atoms with Crippen LogP contribution < -0.4 is 9.64 Å². The van der Waals surface area contributed by atoms with Crippen LogP contribution in [-0.2, 0) is 6.54 Å². The number of ether oxygens (including phenoxy) is 1. The summed E-state index contributed by atoms with van der Waals surface area (Å²) in [6.45, 7) is 2.07. The number of anilines is 1. The van der Waals surface area contributed by atoms with E-state index in [-0.39, 0.29) is 12.1 Å². The minimum absolute atomic E-state index is 0.130. The minimum atomic E-state index is -0.925. The van der Waals surface area contributed by atoms with Gasteiger partial charge in [0.2, 0.25) is 0 Å². The largest absolute Gasteiger partial charge is 0.494 e. The Balaban J connectivity index is 1.84. The highest BCUT2D eigenvalue weighted by Crippen LogP contribution is 2.37. The molecule has 0 radical (unpaired) electrons. The van der Waals surface area contributed by atoms with Crippen LogP contribution in [0.2, 0.25) is 0 Å². The zero-order valence-corrected chi connectivity index (χ0v) is 17.0. The molecule has 0 fully saturated rings. The van der Waals surface area contributed by atoms with Crippen LogP contribution in [0, 0.1) is 18.6 Å². The summed E-state index contributed by atoms with van der Waals surface area (Å²) >= 11 is 1.31. The lowest BCUT2D eigenvalue weighted by Gasteiger charge is -2.20. The third kappa shape index (κ3) is 3.73. The van der Waals surface area contributed by atoms with Crippen molar-refractivity contribution in [1.29, 1.82) is 0 Å². The quantitative estimate of drug-likeness (QED) is 0.445. The van der Waals surface area contributed by atoms with Gasteiger partial charge in [-0.2, -0.15) is 0 Å². The smallest absolute Gasteiger partial charge is 0.263 e. The second kappa shape index (κ2) is 8.16. The number of halogens is 2. The monoisotopic (exact) mass is 425 g/mol. The van der Waals surface area contributed by atoms with E-state index in [9.17, 15) is 13.6 Å². The lowest BCUT2D eigenvalue weighted by Crippen LogP contribution is -2.31. The van der Waals surface area contributed by atoms with E-state index in [2.05, 4.69) is 9.97 Å². The van der Waals surface area contributed by atoms with Gasteiger partial charge in [-0.05, 0) is 42.3 Å². The second-order valence-electron chi connectivity index (χ2n) is 6.64. The summed E-state index contributed by atoms with van der Waals surface area (Å²) < 4.78 is 34.0. The van der Waals surface area contributed by atoms with Gasteiger partial charge < -0.3 is 4.74 Å². The van der Waals surface area contributed by atoms with E-state index in [0.717, 1.165) is 28.0 Å². The van der Waals surface area contributed by atoms with Crippen molar-refractivity contribution in [3.63, 3.8) is 0 Å². The van der Waals surface area contributed by atoms with E-state index in [1.807, 2.05) is 25.1 Å². The second-order valence-corrected chi connectivity index (χ2v) is 7.61. The molecule has 8 heteroatoms. The molecule has 30 heavy (non-hydrogen) atoms. The molecular weight excluding hydrogens is 408 g/mol. The number of carbonyl (C=O) groups is 1. The van der Waals surface area contributed by atoms with E-state index in [4.69, 9.17) is 4.74 Å². The number of rotatable bonds is 5. The van der Waals surface area contributed by atoms with Gasteiger partial charge in [0.1, 0.15) is 22.9 Å². The molecular formula is C22H17F2N3O2S. The van der Waals surface area contributed by atoms with Crippen LogP contribution in [-0.4, -0.2) is 23.0 Å². The highest BCUT2D eigenvalue weighted by Gasteiger charge is 2.25. The summed E-state index contributed by atoms with van der Waals surface area (Å²) in [4.78, 5) is 23.3. The maximum atomic E-state index is 14.4. The highest BCUT2D eigenvalue weighted by molar-refractivity contribution is 7.22. The Hall–Kier alpha value is -3.39. The maximum absolute atomic E-state index is 14.4. The van der Waals surface area contributed by atoms with Crippen molar-refractivity contribution in [3.05, 3.63) is 83.2 Å². The van der Waals surface area contributed by atoms with Gasteiger partial charge in [-0.15, -0.1) is 0 Å². The lowest BCUT2D eigenvalue weighted by molar-refractivity contribution is 0.0981. The fourth-order valence-electron chi connectivity index (χ4n) is 3.09. The molecule has 0 saturated carbocycles. The van der Waals surface area contributed by atoms with Crippen molar-refractivity contribution in [1.82, 2.24) is 9.97 Å². The molecule has 2 aromatic carbocycles. The molecule has 0 aliphatic carbocycles. The zero-order valence-electron chi connectivity index (χ0n) is 16.2. The van der Waals surface area contributed by atoms with Gasteiger partial charge in [-0.1, -0.05) is 23.5 Å². The van der Waals surface area contributed by atoms with Crippen LogP contribution in [0.25, 0.3) is 10.2 Å². The number of amides is 1. The predicted octanol–water partition coefficient (Wildman–Crippen LogP) is 5.13. The van der Waals surface area contributed by atoms with Gasteiger partial charge in [0.25, 0.3) is 5.91 Å². The summed E-state index contributed by atoms with van der Waals surface area (Å²) in [7, 11) is 1.55. The summed E-state index contributed by atoms with van der Waals surface area (Å²) in [5, 5.41) is 0.384. The number of fused-ring (bicyclic) bond motifs is 1. The van der Waals surface area contributed by atoms with Crippen molar-refractivity contribution >= 4 is 32.6 Å². The van der Waals surface area contributed by atoms with Gasteiger partial charge in [-0.3, -0.25) is 14.7 Å². The molecule has 5 nitrogen and oxygen atoms in total. The summed E-state index contributed by atoms with van der Waals surface area (Å²) in [6.07, 6.45) is 3.25. The average molecular weight is 425 g/mol. The number of aryl methyl sites for hydroxylation is 1. The van der Waals surface area contributed by atoms with Crippen LogP contribution in [0.1, 0.15) is 21.5 Å². The fourth-order valence-corrected chi connectivity index (χ4v) is 4.14. The Bertz CT molecular complexity index is 1230. The first-order valence-electron chi connectivity index (χ1n) is 9.08. The van der Waals surface area contributed by atoms with Crippen LogP contribution in [0.5, 0.6) is 5.75 Å². The number of nitrogens with zero attached hydrogens (tertiary/aromatic N) is 3. The summed E-state index contributed by atoms with van der Waals surface area (Å²) in [5.41, 5.74) is 2.12. The number of benzene rings is 2. The third-order valence-corrected chi connectivity index (χ3v) is 5.83. The molecule has 2 aromatic heterocycles. The van der Waals surface area contributed by atoms with Gasteiger partial charge in [0, 0.05) is 18.5 Å². The van der Waals surface area contributed by atoms with Crippen LogP contribution in [0.3, 0.4) is 0 Å². The topological polar surface area (TPSA) is 55.3 Å². The van der Waals surface area contributed by atoms with Crippen LogP contribution in [0.15, 0.2) is 54.9 Å². The number of thiazole rings is 1. The van der Waals surface area contributed by atoms with E-state index in [1.165, 1.54) is 16.2 Å². The standard InChI is InChI=1S/C22H17F2N3O2S/c1-13-5-8-18(29-2)19-20(13)30-22(26-19)27(12-14-4-3-9-25-11-14)21(28)16-7-6-15(23)10-17(16)24/h3-11H,12H2,1-2H3. The first-order valence-corrected chi connectivity index (χ1v) is 9.89. The predicted molar refractivity (Wildman–Crippen MR) is 112 cm³/mol. The molecule has 0 aliphatic heterocycles. The number of aromatic nitrogens is 2.